The number of aromatic nitrogens is 2. The lowest BCUT2D eigenvalue weighted by atomic mass is 10.2. The van der Waals surface area contributed by atoms with E-state index in [1.807, 2.05) is 0 Å². The zero-order chi connectivity index (χ0) is 10.1. The standard InChI is InChI=1S/C8H5Cl2N3O/c9-5-1-4(3-12-8(5)10)6-2-7(11)13-14-6/h1-3H,(H2,11,13). The lowest BCUT2D eigenvalue weighted by Gasteiger charge is -1.96. The number of hydrogen-bond donors (Lipinski definition) is 1. The molecular formula is C8H5Cl2N3O. The topological polar surface area (TPSA) is 64.9 Å². The van der Waals surface area contributed by atoms with E-state index in [1.165, 1.54) is 6.20 Å². The van der Waals surface area contributed by atoms with Gasteiger partial charge >= 0.3 is 0 Å². The summed E-state index contributed by atoms with van der Waals surface area (Å²) >= 11 is 11.4. The summed E-state index contributed by atoms with van der Waals surface area (Å²) in [6, 6.07) is 3.22. The second-order valence-corrected chi connectivity index (χ2v) is 3.38. The number of rotatable bonds is 1. The van der Waals surface area contributed by atoms with E-state index in [4.69, 9.17) is 33.5 Å². The number of halogens is 2. The Hall–Kier alpha value is -1.26. The summed E-state index contributed by atoms with van der Waals surface area (Å²) in [5.74, 6) is 0.819. The van der Waals surface area contributed by atoms with E-state index in [0.29, 0.717) is 22.2 Å². The average molecular weight is 230 g/mol. The number of nitrogens with zero attached hydrogens (tertiary/aromatic N) is 2. The van der Waals surface area contributed by atoms with Crippen LogP contribution in [0.5, 0.6) is 0 Å². The molecule has 0 saturated heterocycles. The highest BCUT2D eigenvalue weighted by Crippen LogP contribution is 2.26. The van der Waals surface area contributed by atoms with E-state index in [9.17, 15) is 0 Å². The Morgan fingerprint density at radius 3 is 2.64 bits per heavy atom. The molecule has 4 nitrogen and oxygen atoms in total. The van der Waals surface area contributed by atoms with Crippen molar-refractivity contribution in [2.45, 2.75) is 0 Å². The van der Waals surface area contributed by atoms with Gasteiger partial charge in [-0.25, -0.2) is 4.98 Å². The van der Waals surface area contributed by atoms with Gasteiger partial charge in [-0.05, 0) is 6.07 Å². The van der Waals surface area contributed by atoms with Gasteiger partial charge in [0.1, 0.15) is 5.15 Å². The van der Waals surface area contributed by atoms with Gasteiger partial charge in [0.15, 0.2) is 11.6 Å². The van der Waals surface area contributed by atoms with Crippen molar-refractivity contribution >= 4 is 29.0 Å². The maximum Gasteiger partial charge on any atom is 0.170 e. The number of pyridine rings is 1. The van der Waals surface area contributed by atoms with Gasteiger partial charge in [-0.1, -0.05) is 28.4 Å². The number of anilines is 1. The van der Waals surface area contributed by atoms with Crippen LogP contribution < -0.4 is 5.73 Å². The largest absolute Gasteiger partial charge is 0.381 e. The molecule has 2 aromatic rings. The van der Waals surface area contributed by atoms with Gasteiger partial charge in [0.2, 0.25) is 0 Å². The van der Waals surface area contributed by atoms with Gasteiger partial charge in [-0.15, -0.1) is 0 Å². The van der Waals surface area contributed by atoms with Gasteiger partial charge in [0.05, 0.1) is 5.02 Å². The molecule has 2 heterocycles. The van der Waals surface area contributed by atoms with Crippen LogP contribution in [-0.2, 0) is 0 Å². The molecule has 14 heavy (non-hydrogen) atoms. The monoisotopic (exact) mass is 229 g/mol. The highest BCUT2D eigenvalue weighted by Gasteiger charge is 2.07. The van der Waals surface area contributed by atoms with Crippen LogP contribution in [0.3, 0.4) is 0 Å². The highest BCUT2D eigenvalue weighted by molar-refractivity contribution is 6.41. The second-order valence-electron chi connectivity index (χ2n) is 2.61. The molecule has 0 saturated carbocycles. The fourth-order valence-corrected chi connectivity index (χ4v) is 1.25. The minimum Gasteiger partial charge on any atom is -0.381 e. The predicted octanol–water partition coefficient (Wildman–Crippen LogP) is 2.63. The van der Waals surface area contributed by atoms with Crippen molar-refractivity contribution in [2.24, 2.45) is 0 Å². The van der Waals surface area contributed by atoms with Gasteiger partial charge in [-0.2, -0.15) is 0 Å². The number of hydrogen-bond acceptors (Lipinski definition) is 4. The summed E-state index contributed by atoms with van der Waals surface area (Å²) in [5, 5.41) is 4.16. The van der Waals surface area contributed by atoms with E-state index in [0.717, 1.165) is 0 Å². The van der Waals surface area contributed by atoms with Crippen molar-refractivity contribution in [3.63, 3.8) is 0 Å². The first-order valence-corrected chi connectivity index (χ1v) is 4.46. The zero-order valence-corrected chi connectivity index (χ0v) is 8.38. The van der Waals surface area contributed by atoms with Gasteiger partial charge in [0.25, 0.3) is 0 Å². The van der Waals surface area contributed by atoms with Crippen molar-refractivity contribution in [1.29, 1.82) is 0 Å². The zero-order valence-electron chi connectivity index (χ0n) is 6.87. The maximum absolute atomic E-state index is 5.78. The van der Waals surface area contributed by atoms with Crippen LogP contribution in [-0.4, -0.2) is 10.1 Å². The minimum atomic E-state index is 0.253. The number of nitrogen functional groups attached to an aromatic ring is 1. The lowest BCUT2D eigenvalue weighted by Crippen LogP contribution is -1.81. The molecule has 0 aliphatic rings. The molecular weight excluding hydrogens is 225 g/mol. The molecule has 6 heteroatoms. The Morgan fingerprint density at radius 1 is 1.29 bits per heavy atom. The molecule has 0 spiro atoms. The van der Waals surface area contributed by atoms with Crippen molar-refractivity contribution in [2.75, 3.05) is 5.73 Å². The Labute approximate surface area is 89.6 Å². The molecule has 0 radical (unpaired) electrons. The molecule has 72 valence electrons. The van der Waals surface area contributed by atoms with Crippen molar-refractivity contribution in [3.05, 3.63) is 28.5 Å². The van der Waals surface area contributed by atoms with E-state index in [-0.39, 0.29) is 5.15 Å². The summed E-state index contributed by atoms with van der Waals surface area (Å²) in [7, 11) is 0. The molecule has 2 N–H and O–H groups in total. The molecule has 0 unspecified atom stereocenters. The molecule has 0 bridgehead atoms. The van der Waals surface area contributed by atoms with Crippen LogP contribution >= 0.6 is 23.2 Å². The quantitative estimate of drug-likeness (QED) is 0.764. The normalized spacial score (nSPS) is 10.4. The average Bonchev–Trinajstić information content (AvgIpc) is 2.57. The highest BCUT2D eigenvalue weighted by atomic mass is 35.5. The molecule has 0 atom stereocenters. The van der Waals surface area contributed by atoms with Gasteiger partial charge in [-0.3, -0.25) is 0 Å². The first-order valence-electron chi connectivity index (χ1n) is 3.70. The molecule has 2 rings (SSSR count). The van der Waals surface area contributed by atoms with E-state index in [2.05, 4.69) is 10.1 Å². The van der Waals surface area contributed by atoms with Crippen LogP contribution in [0.25, 0.3) is 11.3 Å². The summed E-state index contributed by atoms with van der Waals surface area (Å²) in [6.45, 7) is 0. The first kappa shape index (κ1) is 9.30. The van der Waals surface area contributed by atoms with Crippen LogP contribution in [0.4, 0.5) is 5.82 Å². The third kappa shape index (κ3) is 1.66. The number of nitrogens with two attached hydrogens (primary N) is 1. The Balaban J connectivity index is 2.47. The van der Waals surface area contributed by atoms with Crippen LogP contribution in [0.15, 0.2) is 22.9 Å². The molecule has 0 amide bonds. The van der Waals surface area contributed by atoms with Crippen LogP contribution in [0.1, 0.15) is 0 Å². The van der Waals surface area contributed by atoms with Gasteiger partial charge in [0, 0.05) is 17.8 Å². The maximum atomic E-state index is 5.78. The summed E-state index contributed by atoms with van der Waals surface area (Å²) in [5.41, 5.74) is 6.08. The van der Waals surface area contributed by atoms with Gasteiger partial charge < -0.3 is 10.3 Å². The molecule has 0 aliphatic heterocycles. The van der Waals surface area contributed by atoms with Crippen molar-refractivity contribution in [1.82, 2.24) is 10.1 Å². The summed E-state index contributed by atoms with van der Waals surface area (Å²) in [6.07, 6.45) is 1.54. The van der Waals surface area contributed by atoms with Crippen LogP contribution in [0.2, 0.25) is 10.2 Å². The lowest BCUT2D eigenvalue weighted by molar-refractivity contribution is 0.435. The fourth-order valence-electron chi connectivity index (χ4n) is 0.981. The van der Waals surface area contributed by atoms with Crippen LogP contribution in [0, 0.1) is 0 Å². The van der Waals surface area contributed by atoms with Crippen molar-refractivity contribution < 1.29 is 4.52 Å². The van der Waals surface area contributed by atoms with E-state index >= 15 is 0 Å². The predicted molar refractivity (Wildman–Crippen MR) is 54.2 cm³/mol. The Bertz CT molecular complexity index is 469. The van der Waals surface area contributed by atoms with E-state index in [1.54, 1.807) is 12.1 Å². The summed E-state index contributed by atoms with van der Waals surface area (Å²) in [4.78, 5) is 3.87. The minimum absolute atomic E-state index is 0.253. The second kappa shape index (κ2) is 3.48. The first-order chi connectivity index (χ1) is 6.66. The third-order valence-corrected chi connectivity index (χ3v) is 2.30. The fraction of sp³-hybridized carbons (Fsp3) is 0. The molecule has 0 aliphatic carbocycles. The molecule has 2 aromatic heterocycles. The SMILES string of the molecule is Nc1cc(-c2cnc(Cl)c(Cl)c2)on1. The Morgan fingerprint density at radius 2 is 2.07 bits per heavy atom. The third-order valence-electron chi connectivity index (χ3n) is 1.61. The molecule has 0 aromatic carbocycles. The molecule has 0 fully saturated rings. The summed E-state index contributed by atoms with van der Waals surface area (Å²) < 4.78 is 4.93. The van der Waals surface area contributed by atoms with E-state index < -0.39 is 0 Å². The Kier molecular flexibility index (Phi) is 2.31. The van der Waals surface area contributed by atoms with Crippen molar-refractivity contribution in [3.8, 4) is 11.3 Å². The smallest absolute Gasteiger partial charge is 0.170 e.